The van der Waals surface area contributed by atoms with E-state index in [0.29, 0.717) is 6.04 Å². The van der Waals surface area contributed by atoms with Crippen molar-refractivity contribution in [2.24, 2.45) is 5.92 Å². The van der Waals surface area contributed by atoms with E-state index in [9.17, 15) is 0 Å². The van der Waals surface area contributed by atoms with Crippen molar-refractivity contribution in [3.63, 3.8) is 0 Å². The Balaban J connectivity index is 1.94. The van der Waals surface area contributed by atoms with Crippen molar-refractivity contribution in [1.29, 1.82) is 0 Å². The molecule has 0 radical (unpaired) electrons. The molecular weight excluding hydrogens is 150 g/mol. The molecule has 2 saturated heterocycles. The predicted molar refractivity (Wildman–Crippen MR) is 50.0 cm³/mol. The Labute approximate surface area is 74.5 Å². The summed E-state index contributed by atoms with van der Waals surface area (Å²) in [6.07, 6.45) is 0. The van der Waals surface area contributed by atoms with E-state index >= 15 is 0 Å². The summed E-state index contributed by atoms with van der Waals surface area (Å²) in [5.41, 5.74) is 0. The fraction of sp³-hybridized carbons (Fsp3) is 1.00. The van der Waals surface area contributed by atoms with Crippen LogP contribution in [0.1, 0.15) is 13.8 Å². The van der Waals surface area contributed by atoms with Gasteiger partial charge in [-0.2, -0.15) is 0 Å². The lowest BCUT2D eigenvalue weighted by Crippen LogP contribution is -2.50. The fourth-order valence-corrected chi connectivity index (χ4v) is 2.23. The zero-order chi connectivity index (χ0) is 8.55. The summed E-state index contributed by atoms with van der Waals surface area (Å²) < 4.78 is 0. The first-order chi connectivity index (χ1) is 5.77. The molecule has 2 N–H and O–H groups in total. The average Bonchev–Trinajstić information content (AvgIpc) is 2.46. The topological polar surface area (TPSA) is 27.3 Å². The van der Waals surface area contributed by atoms with Crippen molar-refractivity contribution in [3.8, 4) is 0 Å². The molecule has 2 aliphatic rings. The van der Waals surface area contributed by atoms with Crippen molar-refractivity contribution in [3.05, 3.63) is 0 Å². The molecule has 0 amide bonds. The molecule has 2 aliphatic heterocycles. The predicted octanol–water partition coefficient (Wildman–Crippen LogP) is -0.154. The van der Waals surface area contributed by atoms with Crippen LogP contribution in [0.4, 0.5) is 0 Å². The molecule has 0 aromatic rings. The van der Waals surface area contributed by atoms with E-state index in [-0.39, 0.29) is 0 Å². The van der Waals surface area contributed by atoms with E-state index in [0.717, 1.165) is 18.6 Å². The van der Waals surface area contributed by atoms with Crippen LogP contribution in [0.25, 0.3) is 0 Å². The average molecular weight is 169 g/mol. The number of likely N-dealkylation sites (tertiary alicyclic amines) is 1. The van der Waals surface area contributed by atoms with Crippen molar-refractivity contribution in [2.45, 2.75) is 25.9 Å². The molecule has 3 nitrogen and oxygen atoms in total. The SMILES string of the molecule is CC(C)N1CC2CNCNC2C1. The highest BCUT2D eigenvalue weighted by Crippen LogP contribution is 2.19. The van der Waals surface area contributed by atoms with Crippen LogP contribution in [0.2, 0.25) is 0 Å². The monoisotopic (exact) mass is 169 g/mol. The van der Waals surface area contributed by atoms with Crippen LogP contribution in [0, 0.1) is 5.92 Å². The summed E-state index contributed by atoms with van der Waals surface area (Å²) in [7, 11) is 0. The first-order valence-electron chi connectivity index (χ1n) is 4.95. The lowest BCUT2D eigenvalue weighted by atomic mass is 10.0. The van der Waals surface area contributed by atoms with Crippen LogP contribution in [0.15, 0.2) is 0 Å². The Bertz CT molecular complexity index is 144. The summed E-state index contributed by atoms with van der Waals surface area (Å²) in [5, 5.41) is 6.89. The quantitative estimate of drug-likeness (QED) is 0.571. The molecule has 12 heavy (non-hydrogen) atoms. The van der Waals surface area contributed by atoms with Gasteiger partial charge in [0.25, 0.3) is 0 Å². The molecule has 70 valence electrons. The van der Waals surface area contributed by atoms with E-state index in [1.807, 2.05) is 0 Å². The number of nitrogens with one attached hydrogen (secondary N) is 2. The highest BCUT2D eigenvalue weighted by Gasteiger charge is 2.34. The molecule has 2 atom stereocenters. The molecule has 2 heterocycles. The Morgan fingerprint density at radius 2 is 2.17 bits per heavy atom. The number of rotatable bonds is 1. The Hall–Kier alpha value is -0.120. The third-order valence-electron chi connectivity index (χ3n) is 3.10. The summed E-state index contributed by atoms with van der Waals surface area (Å²) in [6.45, 7) is 9.26. The largest absolute Gasteiger partial charge is 0.304 e. The van der Waals surface area contributed by atoms with Gasteiger partial charge in [-0.3, -0.25) is 4.90 Å². The van der Waals surface area contributed by atoms with Gasteiger partial charge in [0, 0.05) is 44.3 Å². The highest BCUT2D eigenvalue weighted by atomic mass is 15.3. The molecule has 2 rings (SSSR count). The number of hydrogen-bond donors (Lipinski definition) is 2. The van der Waals surface area contributed by atoms with E-state index in [1.54, 1.807) is 0 Å². The van der Waals surface area contributed by atoms with Crippen LogP contribution < -0.4 is 10.6 Å². The minimum Gasteiger partial charge on any atom is -0.304 e. The first kappa shape index (κ1) is 8.48. The van der Waals surface area contributed by atoms with Gasteiger partial charge in [-0.25, -0.2) is 0 Å². The molecule has 2 fully saturated rings. The number of nitrogens with zero attached hydrogens (tertiary/aromatic N) is 1. The van der Waals surface area contributed by atoms with Crippen molar-refractivity contribution < 1.29 is 0 Å². The van der Waals surface area contributed by atoms with Crippen molar-refractivity contribution in [2.75, 3.05) is 26.3 Å². The van der Waals surface area contributed by atoms with Gasteiger partial charge in [-0.15, -0.1) is 0 Å². The maximum absolute atomic E-state index is 3.51. The van der Waals surface area contributed by atoms with Gasteiger partial charge in [-0.1, -0.05) is 0 Å². The number of hydrogen-bond acceptors (Lipinski definition) is 3. The summed E-state index contributed by atoms with van der Waals surface area (Å²) in [4.78, 5) is 2.56. The van der Waals surface area contributed by atoms with Crippen LogP contribution in [0.5, 0.6) is 0 Å². The fourth-order valence-electron chi connectivity index (χ4n) is 2.23. The minimum atomic E-state index is 0.706. The van der Waals surface area contributed by atoms with Crippen LogP contribution >= 0.6 is 0 Å². The van der Waals surface area contributed by atoms with Gasteiger partial charge in [0.15, 0.2) is 0 Å². The molecular formula is C9H19N3. The van der Waals surface area contributed by atoms with Crippen LogP contribution in [-0.2, 0) is 0 Å². The van der Waals surface area contributed by atoms with Crippen LogP contribution in [0.3, 0.4) is 0 Å². The molecule has 0 aliphatic carbocycles. The van der Waals surface area contributed by atoms with E-state index in [4.69, 9.17) is 0 Å². The Morgan fingerprint density at radius 1 is 1.33 bits per heavy atom. The first-order valence-corrected chi connectivity index (χ1v) is 4.95. The second-order valence-electron chi connectivity index (χ2n) is 4.25. The second kappa shape index (κ2) is 3.32. The lowest BCUT2D eigenvalue weighted by molar-refractivity contribution is 0.264. The molecule has 0 spiro atoms. The number of fused-ring (bicyclic) bond motifs is 1. The van der Waals surface area contributed by atoms with Gasteiger partial charge in [-0.05, 0) is 13.8 Å². The van der Waals surface area contributed by atoms with Gasteiger partial charge >= 0.3 is 0 Å². The molecule has 0 aromatic carbocycles. The third kappa shape index (κ3) is 1.49. The highest BCUT2D eigenvalue weighted by molar-refractivity contribution is 4.93. The lowest BCUT2D eigenvalue weighted by Gasteiger charge is -2.26. The summed E-state index contributed by atoms with van der Waals surface area (Å²) in [6, 6.07) is 1.45. The minimum absolute atomic E-state index is 0.706. The third-order valence-corrected chi connectivity index (χ3v) is 3.10. The van der Waals surface area contributed by atoms with Gasteiger partial charge in [0.2, 0.25) is 0 Å². The molecule has 2 unspecified atom stereocenters. The van der Waals surface area contributed by atoms with Crippen molar-refractivity contribution >= 4 is 0 Å². The smallest absolute Gasteiger partial charge is 0.0457 e. The van der Waals surface area contributed by atoms with Gasteiger partial charge < -0.3 is 10.6 Å². The van der Waals surface area contributed by atoms with Gasteiger partial charge in [0.1, 0.15) is 0 Å². The Kier molecular flexibility index (Phi) is 2.35. The normalized spacial score (nSPS) is 37.2. The van der Waals surface area contributed by atoms with E-state index in [2.05, 4.69) is 29.4 Å². The van der Waals surface area contributed by atoms with Gasteiger partial charge in [0.05, 0.1) is 0 Å². The zero-order valence-corrected chi connectivity index (χ0v) is 8.01. The molecule has 0 aromatic heterocycles. The second-order valence-corrected chi connectivity index (χ2v) is 4.25. The molecule has 0 saturated carbocycles. The summed E-state index contributed by atoms with van der Waals surface area (Å²) in [5.74, 6) is 0.834. The standard InChI is InChI=1S/C9H19N3/c1-7(2)12-4-8-3-10-6-11-9(8)5-12/h7-11H,3-6H2,1-2H3. The van der Waals surface area contributed by atoms with Crippen molar-refractivity contribution in [1.82, 2.24) is 15.5 Å². The van der Waals surface area contributed by atoms with E-state index < -0.39 is 0 Å². The van der Waals surface area contributed by atoms with E-state index in [1.165, 1.54) is 19.6 Å². The maximum atomic E-state index is 3.51. The zero-order valence-electron chi connectivity index (χ0n) is 8.01. The molecule has 0 bridgehead atoms. The van der Waals surface area contributed by atoms with Crippen LogP contribution in [-0.4, -0.2) is 43.3 Å². The summed E-state index contributed by atoms with van der Waals surface area (Å²) >= 11 is 0. The maximum Gasteiger partial charge on any atom is 0.0457 e. The molecule has 3 heteroatoms. The Morgan fingerprint density at radius 3 is 2.83 bits per heavy atom.